The van der Waals surface area contributed by atoms with Gasteiger partial charge in [0.25, 0.3) is 0 Å². The Morgan fingerprint density at radius 2 is 1.87 bits per heavy atom. The molecular formula is C24H23NO5. The Morgan fingerprint density at radius 1 is 1.13 bits per heavy atom. The molecule has 0 aliphatic carbocycles. The van der Waals surface area contributed by atoms with Crippen LogP contribution < -0.4 is 10.7 Å². The van der Waals surface area contributed by atoms with Crippen LogP contribution in [-0.4, -0.2) is 18.5 Å². The highest BCUT2D eigenvalue weighted by atomic mass is 16.5. The van der Waals surface area contributed by atoms with Gasteiger partial charge in [0.2, 0.25) is 5.91 Å². The van der Waals surface area contributed by atoms with Crippen molar-refractivity contribution in [2.24, 2.45) is 5.92 Å². The first-order chi connectivity index (χ1) is 14.3. The second kappa shape index (κ2) is 9.22. The number of fused-ring (bicyclic) bond motifs is 1. The van der Waals surface area contributed by atoms with Crippen molar-refractivity contribution in [3.8, 4) is 0 Å². The molecule has 3 aromatic rings. The number of nitrogens with one attached hydrogen (secondary N) is 1. The zero-order valence-corrected chi connectivity index (χ0v) is 17.1. The zero-order valence-electron chi connectivity index (χ0n) is 17.1. The van der Waals surface area contributed by atoms with E-state index in [0.29, 0.717) is 28.8 Å². The number of rotatable bonds is 6. The Kier molecular flexibility index (Phi) is 6.47. The molecule has 1 heterocycles. The molecule has 1 N–H and O–H groups in total. The number of benzene rings is 2. The number of carbonyl (C=O) groups excluding carboxylic acids is 2. The lowest BCUT2D eigenvalue weighted by Gasteiger charge is -2.08. The molecule has 154 valence electrons. The van der Waals surface area contributed by atoms with E-state index in [4.69, 9.17) is 9.15 Å². The van der Waals surface area contributed by atoms with Crippen LogP contribution in [0.1, 0.15) is 35.3 Å². The van der Waals surface area contributed by atoms with Gasteiger partial charge in [-0.25, -0.2) is 4.79 Å². The lowest BCUT2D eigenvalue weighted by molar-refractivity contribution is -0.111. The fraction of sp³-hybridized carbons (Fsp3) is 0.208. The van der Waals surface area contributed by atoms with Gasteiger partial charge in [-0.05, 0) is 55.3 Å². The van der Waals surface area contributed by atoms with Crippen LogP contribution in [0.15, 0.2) is 64.0 Å². The van der Waals surface area contributed by atoms with Gasteiger partial charge in [-0.3, -0.25) is 9.59 Å². The van der Waals surface area contributed by atoms with Crippen molar-refractivity contribution >= 4 is 34.6 Å². The summed E-state index contributed by atoms with van der Waals surface area (Å²) in [5.41, 5.74) is 2.46. The fourth-order valence-electron chi connectivity index (χ4n) is 2.74. The van der Waals surface area contributed by atoms with Gasteiger partial charge in [-0.1, -0.05) is 25.5 Å². The summed E-state index contributed by atoms with van der Waals surface area (Å²) in [5, 5.41) is 3.15. The number of aryl methyl sites for hydroxylation is 1. The third-order valence-corrected chi connectivity index (χ3v) is 4.30. The first-order valence-corrected chi connectivity index (χ1v) is 9.62. The van der Waals surface area contributed by atoms with Crippen molar-refractivity contribution in [2.45, 2.75) is 20.8 Å². The fourth-order valence-corrected chi connectivity index (χ4v) is 2.74. The van der Waals surface area contributed by atoms with Gasteiger partial charge in [0, 0.05) is 11.8 Å². The highest BCUT2D eigenvalue weighted by Gasteiger charge is 2.09. The molecule has 0 atom stereocenters. The summed E-state index contributed by atoms with van der Waals surface area (Å²) in [6.07, 6.45) is 4.01. The van der Waals surface area contributed by atoms with E-state index < -0.39 is 11.9 Å². The molecule has 30 heavy (non-hydrogen) atoms. The lowest BCUT2D eigenvalue weighted by atomic mass is 10.1. The zero-order chi connectivity index (χ0) is 21.7. The van der Waals surface area contributed by atoms with E-state index in [0.717, 1.165) is 5.56 Å². The molecule has 0 radical (unpaired) electrons. The van der Waals surface area contributed by atoms with Crippen LogP contribution in [0.25, 0.3) is 17.0 Å². The predicted octanol–water partition coefficient (Wildman–Crippen LogP) is 4.57. The molecule has 0 unspecified atom stereocenters. The predicted molar refractivity (Wildman–Crippen MR) is 116 cm³/mol. The molecule has 0 saturated heterocycles. The van der Waals surface area contributed by atoms with Crippen molar-refractivity contribution in [3.05, 3.63) is 81.7 Å². The number of hydrogen-bond acceptors (Lipinski definition) is 5. The molecule has 3 rings (SSSR count). The molecule has 2 aromatic carbocycles. The van der Waals surface area contributed by atoms with E-state index in [1.54, 1.807) is 36.4 Å². The van der Waals surface area contributed by atoms with Gasteiger partial charge in [0.15, 0.2) is 5.43 Å². The largest absolute Gasteiger partial charge is 0.463 e. The van der Waals surface area contributed by atoms with Crippen LogP contribution >= 0.6 is 0 Å². The summed E-state index contributed by atoms with van der Waals surface area (Å²) in [7, 11) is 0. The van der Waals surface area contributed by atoms with Crippen LogP contribution in [-0.2, 0) is 9.53 Å². The highest BCUT2D eigenvalue weighted by Crippen LogP contribution is 2.14. The van der Waals surface area contributed by atoms with Gasteiger partial charge >= 0.3 is 5.97 Å². The SMILES string of the molecule is Cc1ccc2occ(/C=C/C(=O)Nc3ccc(C(=O)OCC(C)C)cc3)c(=O)c2c1. The van der Waals surface area contributed by atoms with E-state index in [1.165, 1.54) is 18.4 Å². The molecule has 1 amide bonds. The van der Waals surface area contributed by atoms with Crippen molar-refractivity contribution < 1.29 is 18.7 Å². The Morgan fingerprint density at radius 3 is 2.57 bits per heavy atom. The molecule has 6 nitrogen and oxygen atoms in total. The van der Waals surface area contributed by atoms with Crippen LogP contribution in [0.5, 0.6) is 0 Å². The van der Waals surface area contributed by atoms with Gasteiger partial charge in [-0.15, -0.1) is 0 Å². The number of anilines is 1. The third-order valence-electron chi connectivity index (χ3n) is 4.30. The average Bonchev–Trinajstić information content (AvgIpc) is 2.72. The number of carbonyl (C=O) groups is 2. The van der Waals surface area contributed by atoms with Gasteiger partial charge in [0.1, 0.15) is 11.8 Å². The smallest absolute Gasteiger partial charge is 0.338 e. The minimum Gasteiger partial charge on any atom is -0.463 e. The Bertz CT molecular complexity index is 1160. The maximum Gasteiger partial charge on any atom is 0.338 e. The minimum absolute atomic E-state index is 0.201. The topological polar surface area (TPSA) is 85.6 Å². The van der Waals surface area contributed by atoms with E-state index in [9.17, 15) is 14.4 Å². The number of ether oxygens (including phenoxy) is 1. The van der Waals surface area contributed by atoms with Crippen molar-refractivity contribution in [1.29, 1.82) is 0 Å². The van der Waals surface area contributed by atoms with Crippen molar-refractivity contribution in [2.75, 3.05) is 11.9 Å². The third kappa shape index (κ3) is 5.23. The molecule has 0 bridgehead atoms. The molecule has 0 fully saturated rings. The standard InChI is InChI=1S/C24H23NO5/c1-15(2)13-30-24(28)17-5-8-19(9-6-17)25-22(26)11-7-18-14-29-21-10-4-16(3)12-20(21)23(18)27/h4-12,14-15H,13H2,1-3H3,(H,25,26)/b11-7+. The summed E-state index contributed by atoms with van der Waals surface area (Å²) >= 11 is 0. The molecule has 0 spiro atoms. The summed E-state index contributed by atoms with van der Waals surface area (Å²) in [6, 6.07) is 11.8. The second-order valence-electron chi connectivity index (χ2n) is 7.41. The Balaban J connectivity index is 1.66. The monoisotopic (exact) mass is 405 g/mol. The molecule has 0 saturated carbocycles. The highest BCUT2D eigenvalue weighted by molar-refractivity contribution is 6.02. The van der Waals surface area contributed by atoms with Gasteiger partial charge in [-0.2, -0.15) is 0 Å². The molecule has 0 aliphatic heterocycles. The summed E-state index contributed by atoms with van der Waals surface area (Å²) in [5.74, 6) is -0.554. The van der Waals surface area contributed by atoms with Crippen LogP contribution in [0.2, 0.25) is 0 Å². The minimum atomic E-state index is -0.408. The number of hydrogen-bond donors (Lipinski definition) is 1. The first-order valence-electron chi connectivity index (χ1n) is 9.62. The maximum absolute atomic E-state index is 12.6. The Labute approximate surface area is 174 Å². The average molecular weight is 405 g/mol. The lowest BCUT2D eigenvalue weighted by Crippen LogP contribution is -2.11. The van der Waals surface area contributed by atoms with E-state index in [2.05, 4.69) is 5.32 Å². The van der Waals surface area contributed by atoms with Crippen LogP contribution in [0, 0.1) is 12.8 Å². The maximum atomic E-state index is 12.6. The second-order valence-corrected chi connectivity index (χ2v) is 7.41. The molecule has 0 aliphatic rings. The number of amides is 1. The van der Waals surface area contributed by atoms with E-state index in [-0.39, 0.29) is 16.9 Å². The van der Waals surface area contributed by atoms with E-state index >= 15 is 0 Å². The normalized spacial score (nSPS) is 11.2. The summed E-state index contributed by atoms with van der Waals surface area (Å²) in [4.78, 5) is 36.7. The summed E-state index contributed by atoms with van der Waals surface area (Å²) in [6.45, 7) is 6.17. The molecule has 6 heteroatoms. The van der Waals surface area contributed by atoms with Crippen LogP contribution in [0.3, 0.4) is 0 Å². The Hall–Kier alpha value is -3.67. The van der Waals surface area contributed by atoms with Gasteiger partial charge in [0.05, 0.1) is 23.1 Å². The molecule has 1 aromatic heterocycles. The summed E-state index contributed by atoms with van der Waals surface area (Å²) < 4.78 is 10.6. The first kappa shape index (κ1) is 21.0. The quantitative estimate of drug-likeness (QED) is 0.480. The van der Waals surface area contributed by atoms with Crippen molar-refractivity contribution in [1.82, 2.24) is 0 Å². The van der Waals surface area contributed by atoms with E-state index in [1.807, 2.05) is 26.8 Å². The molecular weight excluding hydrogens is 382 g/mol. The van der Waals surface area contributed by atoms with Gasteiger partial charge < -0.3 is 14.5 Å². The van der Waals surface area contributed by atoms with Crippen LogP contribution in [0.4, 0.5) is 5.69 Å². The van der Waals surface area contributed by atoms with Crippen molar-refractivity contribution in [3.63, 3.8) is 0 Å². The number of esters is 1.